The van der Waals surface area contributed by atoms with E-state index < -0.39 is 0 Å². The van der Waals surface area contributed by atoms with Crippen molar-refractivity contribution in [2.75, 3.05) is 61.0 Å². The molecule has 0 aliphatic carbocycles. The molecule has 0 unspecified atom stereocenters. The second-order valence-electron chi connectivity index (χ2n) is 2.09. The summed E-state index contributed by atoms with van der Waals surface area (Å²) in [7, 11) is 4.54. The zero-order valence-corrected chi connectivity index (χ0v) is 13.4. The van der Waals surface area contributed by atoms with Crippen molar-refractivity contribution in [3.05, 3.63) is 0 Å². The molecule has 0 aromatic rings. The topological polar surface area (TPSA) is 96.9 Å². The third kappa shape index (κ3) is 59.5. The quantitative estimate of drug-likeness (QED) is 0.494. The van der Waals surface area contributed by atoms with E-state index in [1.807, 2.05) is 0 Å². The normalized spacial score (nSPS) is 7.88. The number of hydrogen-bond donors (Lipinski definition) is 0. The predicted octanol–water partition coefficient (Wildman–Crippen LogP) is -3.02. The van der Waals surface area contributed by atoms with Gasteiger partial charge in [0.2, 0.25) is 0 Å². The second kappa shape index (κ2) is 36.0. The van der Waals surface area contributed by atoms with Gasteiger partial charge in [-0.25, -0.2) is 0 Å². The van der Waals surface area contributed by atoms with Crippen LogP contribution in [0, 0.1) is 40.8 Å². The molecule has 0 aliphatic rings. The van der Waals surface area contributed by atoms with E-state index in [-0.39, 0.29) is 60.7 Å². The molecule has 1 radical (unpaired) electrons. The van der Waals surface area contributed by atoms with Crippen LogP contribution < -0.4 is 15.3 Å². The average molecular weight is 370 g/mol. The van der Waals surface area contributed by atoms with Crippen molar-refractivity contribution in [3.63, 3.8) is 0 Å². The molecule has 0 aromatic heterocycles. The molecule has 0 fully saturated rings. The number of ether oxygens (including phenoxy) is 3. The fourth-order valence-corrected chi connectivity index (χ4v) is 0.250. The summed E-state index contributed by atoms with van der Waals surface area (Å²) in [6.07, 6.45) is 0. The van der Waals surface area contributed by atoms with Gasteiger partial charge in [0, 0.05) is 41.2 Å². The first kappa shape index (κ1) is 25.8. The zero-order valence-electron chi connectivity index (χ0n) is 10.2. The molecule has 0 saturated carbocycles. The number of rotatable bonds is 6. The standard InChI is InChI=1S/3C3H7O2.Nd/c3*1-5-3-2-4;/h3*2-3H2,1H3;/q3*-1;+3. The van der Waals surface area contributed by atoms with E-state index in [4.69, 9.17) is 0 Å². The maximum atomic E-state index is 9.40. The Morgan fingerprint density at radius 1 is 0.625 bits per heavy atom. The van der Waals surface area contributed by atoms with Gasteiger partial charge in [-0.3, -0.25) is 0 Å². The van der Waals surface area contributed by atoms with E-state index in [2.05, 4.69) is 14.2 Å². The monoisotopic (exact) mass is 367 g/mol. The Kier molecular flexibility index (Phi) is 58.1. The van der Waals surface area contributed by atoms with Gasteiger partial charge in [-0.05, 0) is 0 Å². The van der Waals surface area contributed by atoms with E-state index in [1.54, 1.807) is 0 Å². The van der Waals surface area contributed by atoms with Crippen LogP contribution in [0.1, 0.15) is 0 Å². The van der Waals surface area contributed by atoms with Gasteiger partial charge >= 0.3 is 40.8 Å². The molecule has 7 heteroatoms. The van der Waals surface area contributed by atoms with Gasteiger partial charge in [0.15, 0.2) is 0 Å². The van der Waals surface area contributed by atoms with Crippen LogP contribution in [0.25, 0.3) is 0 Å². The summed E-state index contributed by atoms with van der Waals surface area (Å²) in [5.41, 5.74) is 0. The molecular weight excluding hydrogens is 348 g/mol. The van der Waals surface area contributed by atoms with Crippen molar-refractivity contribution in [2.24, 2.45) is 0 Å². The van der Waals surface area contributed by atoms with Crippen molar-refractivity contribution in [1.29, 1.82) is 0 Å². The van der Waals surface area contributed by atoms with Crippen molar-refractivity contribution < 1.29 is 70.4 Å². The van der Waals surface area contributed by atoms with Gasteiger partial charge in [-0.15, -0.1) is 19.8 Å². The van der Waals surface area contributed by atoms with Gasteiger partial charge in [-0.2, -0.15) is 0 Å². The molecule has 0 spiro atoms. The summed E-state index contributed by atoms with van der Waals surface area (Å²) in [4.78, 5) is 0. The molecule has 0 aliphatic heterocycles. The Balaban J connectivity index is -0.0000000655. The average Bonchev–Trinajstić information content (AvgIpc) is 2.23. The molecule has 97 valence electrons. The minimum absolute atomic E-state index is 0. The first-order chi connectivity index (χ1) is 7.24. The molecule has 0 N–H and O–H groups in total. The fourth-order valence-electron chi connectivity index (χ4n) is 0.250. The predicted molar refractivity (Wildman–Crippen MR) is 50.2 cm³/mol. The molecule has 0 heterocycles. The van der Waals surface area contributed by atoms with Crippen LogP contribution in [0.5, 0.6) is 0 Å². The van der Waals surface area contributed by atoms with Crippen LogP contribution in [0.2, 0.25) is 0 Å². The number of hydrogen-bond acceptors (Lipinski definition) is 6. The third-order valence-electron chi connectivity index (χ3n) is 0.862. The van der Waals surface area contributed by atoms with Crippen molar-refractivity contribution >= 4 is 0 Å². The van der Waals surface area contributed by atoms with Crippen LogP contribution in [-0.4, -0.2) is 61.0 Å². The van der Waals surface area contributed by atoms with E-state index in [0.29, 0.717) is 19.8 Å². The molecule has 0 rings (SSSR count). The maximum absolute atomic E-state index is 9.40. The van der Waals surface area contributed by atoms with Crippen LogP contribution >= 0.6 is 0 Å². The first-order valence-corrected chi connectivity index (χ1v) is 4.46. The summed E-state index contributed by atoms with van der Waals surface area (Å²) in [5.74, 6) is 0. The third-order valence-corrected chi connectivity index (χ3v) is 0.862. The smallest absolute Gasteiger partial charge is 0.853 e. The molecule has 6 nitrogen and oxygen atoms in total. The van der Waals surface area contributed by atoms with E-state index >= 15 is 0 Å². The molecule has 0 bridgehead atoms. The summed E-state index contributed by atoms with van der Waals surface area (Å²) < 4.78 is 13.1. The zero-order chi connectivity index (χ0) is 12.4. The van der Waals surface area contributed by atoms with Crippen LogP contribution in [0.3, 0.4) is 0 Å². The Hall–Kier alpha value is 1.11. The Morgan fingerprint density at radius 3 is 0.812 bits per heavy atom. The van der Waals surface area contributed by atoms with Gasteiger partial charge < -0.3 is 29.5 Å². The summed E-state index contributed by atoms with van der Waals surface area (Å²) >= 11 is 0. The fraction of sp³-hybridized carbons (Fsp3) is 1.00. The molecule has 0 atom stereocenters. The summed E-state index contributed by atoms with van der Waals surface area (Å²) in [5, 5.41) is 28.2. The van der Waals surface area contributed by atoms with Crippen molar-refractivity contribution in [2.45, 2.75) is 0 Å². The molecule has 16 heavy (non-hydrogen) atoms. The van der Waals surface area contributed by atoms with Gasteiger partial charge in [-0.1, -0.05) is 0 Å². The number of methoxy groups -OCH3 is 3. The van der Waals surface area contributed by atoms with Gasteiger partial charge in [0.1, 0.15) is 0 Å². The largest absolute Gasteiger partial charge is 3.00 e. The minimum atomic E-state index is -0.128. The van der Waals surface area contributed by atoms with Crippen LogP contribution in [-0.2, 0) is 14.2 Å². The van der Waals surface area contributed by atoms with Crippen molar-refractivity contribution in [3.8, 4) is 0 Å². The summed E-state index contributed by atoms with van der Waals surface area (Å²) in [6, 6.07) is 0. The molecule has 0 amide bonds. The van der Waals surface area contributed by atoms with Gasteiger partial charge in [0.25, 0.3) is 0 Å². The second-order valence-corrected chi connectivity index (χ2v) is 2.09. The first-order valence-electron chi connectivity index (χ1n) is 4.46. The SMILES string of the molecule is COCC[O-].COCC[O-].COCC[O-].[Nd+3]. The summed E-state index contributed by atoms with van der Waals surface area (Å²) in [6.45, 7) is 0.615. The minimum Gasteiger partial charge on any atom is -0.853 e. The van der Waals surface area contributed by atoms with E-state index in [9.17, 15) is 15.3 Å². The Labute approximate surface area is 130 Å². The molecular formula is C9H21NdO6. The van der Waals surface area contributed by atoms with Crippen molar-refractivity contribution in [1.82, 2.24) is 0 Å². The Morgan fingerprint density at radius 2 is 0.812 bits per heavy atom. The molecule has 0 saturated heterocycles. The van der Waals surface area contributed by atoms with E-state index in [1.165, 1.54) is 21.3 Å². The molecule has 0 aromatic carbocycles. The Bertz CT molecular complexity index is 56.8. The maximum Gasteiger partial charge on any atom is 3.00 e. The van der Waals surface area contributed by atoms with E-state index in [0.717, 1.165) is 0 Å². The van der Waals surface area contributed by atoms with Crippen LogP contribution in [0.4, 0.5) is 0 Å². The van der Waals surface area contributed by atoms with Crippen LogP contribution in [0.15, 0.2) is 0 Å². The van der Waals surface area contributed by atoms with Gasteiger partial charge in [0.05, 0.1) is 0 Å².